The van der Waals surface area contributed by atoms with E-state index in [9.17, 15) is 19.5 Å². The zero-order chi connectivity index (χ0) is 49.9. The number of likely N-dealkylation sites (N-methyl/N-ethyl adjacent to an activating group) is 1. The molecule has 0 rings (SSSR count). The first-order valence-electron chi connectivity index (χ1n) is 27.3. The van der Waals surface area contributed by atoms with Crippen molar-refractivity contribution < 1.29 is 42.9 Å². The maximum Gasteiger partial charge on any atom is 0.361 e. The number of carboxylic acids is 1. The van der Waals surface area contributed by atoms with Crippen molar-refractivity contribution >= 4 is 17.9 Å². The maximum atomic E-state index is 12.9. The van der Waals surface area contributed by atoms with Gasteiger partial charge in [0.25, 0.3) is 6.29 Å². The van der Waals surface area contributed by atoms with Crippen LogP contribution in [0.5, 0.6) is 0 Å². The molecule has 390 valence electrons. The summed E-state index contributed by atoms with van der Waals surface area (Å²) in [5, 5.41) is 9.68. The van der Waals surface area contributed by atoms with E-state index in [4.69, 9.17) is 18.9 Å². The van der Waals surface area contributed by atoms with Crippen LogP contribution in [0.2, 0.25) is 0 Å². The van der Waals surface area contributed by atoms with Gasteiger partial charge in [-0.25, -0.2) is 4.79 Å². The fourth-order valence-electron chi connectivity index (χ4n) is 7.19. The second-order valence-corrected chi connectivity index (χ2v) is 19.2. The number of rotatable bonds is 49. The van der Waals surface area contributed by atoms with Crippen LogP contribution in [-0.2, 0) is 33.3 Å². The molecular weight excluding hydrogens is 851 g/mol. The highest BCUT2D eigenvalue weighted by Gasteiger charge is 2.25. The van der Waals surface area contributed by atoms with Crippen LogP contribution in [0.25, 0.3) is 0 Å². The molecule has 0 saturated carbocycles. The molecule has 0 amide bonds. The number of allylic oxidation sites excluding steroid dienone is 14. The number of hydrogen-bond donors (Lipinski definition) is 1. The number of nitrogens with zero attached hydrogens (tertiary/aromatic N) is 1. The Bertz CT molecular complexity index is 1390. The van der Waals surface area contributed by atoms with Gasteiger partial charge < -0.3 is 28.5 Å². The average molecular weight is 953 g/mol. The molecule has 68 heavy (non-hydrogen) atoms. The highest BCUT2D eigenvalue weighted by Crippen LogP contribution is 2.14. The highest BCUT2D eigenvalue weighted by molar-refractivity contribution is 5.71. The number of hydrogen-bond acceptors (Lipinski definition) is 7. The Balaban J connectivity index is 4.32. The Kier molecular flexibility index (Phi) is 47.3. The predicted octanol–water partition coefficient (Wildman–Crippen LogP) is 15.6. The zero-order valence-corrected chi connectivity index (χ0v) is 44.2. The molecule has 0 aromatic heterocycles. The number of carboxylic acid groups (broad SMARTS) is 1. The van der Waals surface area contributed by atoms with Crippen LogP contribution in [0, 0.1) is 0 Å². The smallest absolute Gasteiger partial charge is 0.361 e. The van der Waals surface area contributed by atoms with Gasteiger partial charge in [-0.05, 0) is 89.9 Å². The molecule has 0 aliphatic carbocycles. The topological polar surface area (TPSA) is 108 Å². The number of unbranched alkanes of at least 4 members (excludes halogenated alkanes) is 20. The molecule has 1 N–H and O–H groups in total. The molecule has 0 saturated heterocycles. The quantitative estimate of drug-likeness (QED) is 0.0211. The summed E-state index contributed by atoms with van der Waals surface area (Å²) in [6.07, 6.45) is 62.2. The van der Waals surface area contributed by atoms with Crippen LogP contribution in [0.4, 0.5) is 0 Å². The lowest BCUT2D eigenvalue weighted by Crippen LogP contribution is -2.40. The van der Waals surface area contributed by atoms with Gasteiger partial charge in [0, 0.05) is 12.8 Å². The van der Waals surface area contributed by atoms with Gasteiger partial charge in [-0.3, -0.25) is 9.59 Å². The highest BCUT2D eigenvalue weighted by atomic mass is 16.7. The Morgan fingerprint density at radius 1 is 0.456 bits per heavy atom. The number of carbonyl (C=O) groups is 3. The van der Waals surface area contributed by atoms with E-state index in [1.807, 2.05) is 21.1 Å². The van der Waals surface area contributed by atoms with Crippen LogP contribution in [0.1, 0.15) is 213 Å². The van der Waals surface area contributed by atoms with Crippen molar-refractivity contribution in [2.45, 2.75) is 225 Å². The molecule has 0 aliphatic heterocycles. The van der Waals surface area contributed by atoms with E-state index < -0.39 is 24.3 Å². The molecule has 0 heterocycles. The number of quaternary nitrogens is 1. The van der Waals surface area contributed by atoms with E-state index >= 15 is 0 Å². The van der Waals surface area contributed by atoms with Gasteiger partial charge in [0.15, 0.2) is 6.10 Å². The lowest BCUT2D eigenvalue weighted by atomic mass is 10.1. The van der Waals surface area contributed by atoms with Gasteiger partial charge in [-0.2, -0.15) is 0 Å². The lowest BCUT2D eigenvalue weighted by Gasteiger charge is -2.25. The van der Waals surface area contributed by atoms with Gasteiger partial charge in [0.1, 0.15) is 13.2 Å². The third kappa shape index (κ3) is 50.3. The fraction of sp³-hybridized carbons (Fsp3) is 0.712. The SMILES string of the molecule is CC/C=C\C/C=C\C/C=C\C/C=C\C/C=C\C/C=C\CCCCCCCCCCC(=O)OC(COC(=O)CCCCCCC/C=C\CCCCCCCCC)COC(OCC[N+](C)(C)C)C(=O)O. The normalized spacial score (nSPS) is 13.5. The Labute approximate surface area is 417 Å². The van der Waals surface area contributed by atoms with E-state index in [1.165, 1.54) is 77.0 Å². The minimum Gasteiger partial charge on any atom is -0.477 e. The van der Waals surface area contributed by atoms with Gasteiger partial charge in [0.05, 0.1) is 34.4 Å². The predicted molar refractivity (Wildman–Crippen MR) is 286 cm³/mol. The Morgan fingerprint density at radius 3 is 1.26 bits per heavy atom. The minimum absolute atomic E-state index is 0.181. The molecule has 0 fully saturated rings. The van der Waals surface area contributed by atoms with Crippen molar-refractivity contribution in [3.05, 3.63) is 85.1 Å². The number of carbonyl (C=O) groups excluding carboxylic acids is 2. The average Bonchev–Trinajstić information content (AvgIpc) is 3.30. The summed E-state index contributed by atoms with van der Waals surface area (Å²) in [4.78, 5) is 37.3. The maximum absolute atomic E-state index is 12.9. The summed E-state index contributed by atoms with van der Waals surface area (Å²) in [5.41, 5.74) is 0. The molecule has 0 spiro atoms. The van der Waals surface area contributed by atoms with E-state index in [0.29, 0.717) is 17.4 Å². The van der Waals surface area contributed by atoms with Crippen molar-refractivity contribution in [3.63, 3.8) is 0 Å². The van der Waals surface area contributed by atoms with Crippen LogP contribution in [-0.4, -0.2) is 87.4 Å². The number of esters is 2. The van der Waals surface area contributed by atoms with Crippen molar-refractivity contribution in [2.24, 2.45) is 0 Å². The van der Waals surface area contributed by atoms with Crippen LogP contribution in [0.3, 0.4) is 0 Å². The van der Waals surface area contributed by atoms with Crippen molar-refractivity contribution in [1.82, 2.24) is 0 Å². The zero-order valence-electron chi connectivity index (χ0n) is 44.2. The van der Waals surface area contributed by atoms with E-state index in [1.54, 1.807) is 0 Å². The molecule has 0 aliphatic rings. The van der Waals surface area contributed by atoms with Gasteiger partial charge in [-0.1, -0.05) is 195 Å². The molecule has 0 radical (unpaired) electrons. The third-order valence-corrected chi connectivity index (χ3v) is 11.4. The van der Waals surface area contributed by atoms with E-state index in [0.717, 1.165) is 103 Å². The van der Waals surface area contributed by atoms with Gasteiger partial charge in [-0.15, -0.1) is 0 Å². The summed E-state index contributed by atoms with van der Waals surface area (Å²) in [6.45, 7) is 4.73. The molecule has 9 heteroatoms. The first-order chi connectivity index (χ1) is 33.1. The van der Waals surface area contributed by atoms with Crippen molar-refractivity contribution in [3.8, 4) is 0 Å². The third-order valence-electron chi connectivity index (χ3n) is 11.4. The number of aliphatic carboxylic acids is 1. The fourth-order valence-corrected chi connectivity index (χ4v) is 7.19. The molecule has 9 nitrogen and oxygen atoms in total. The molecule has 2 atom stereocenters. The molecule has 2 unspecified atom stereocenters. The van der Waals surface area contributed by atoms with Gasteiger partial charge >= 0.3 is 17.9 Å². The molecule has 0 bridgehead atoms. The largest absolute Gasteiger partial charge is 0.477 e. The molecule has 0 aromatic carbocycles. The summed E-state index contributed by atoms with van der Waals surface area (Å²) in [6, 6.07) is 0. The summed E-state index contributed by atoms with van der Waals surface area (Å²) < 4.78 is 22.8. The van der Waals surface area contributed by atoms with E-state index in [-0.39, 0.29) is 38.6 Å². The first-order valence-corrected chi connectivity index (χ1v) is 27.3. The molecular formula is C59H102NO8+. The Hall–Kier alpha value is -3.53. The van der Waals surface area contributed by atoms with Gasteiger partial charge in [0.2, 0.25) is 0 Å². The van der Waals surface area contributed by atoms with Crippen molar-refractivity contribution in [2.75, 3.05) is 47.5 Å². The second kappa shape index (κ2) is 49.9. The first kappa shape index (κ1) is 64.5. The van der Waals surface area contributed by atoms with Crippen LogP contribution < -0.4 is 0 Å². The minimum atomic E-state index is -1.52. The second-order valence-electron chi connectivity index (χ2n) is 19.2. The monoisotopic (exact) mass is 953 g/mol. The standard InChI is InChI=1S/C59H101NO8/c1-6-8-10-12-14-16-18-20-22-24-25-26-27-28-29-30-31-32-33-34-36-38-40-42-44-46-48-50-57(62)68-55(54-67-59(58(63)64)65-52-51-60(3,4)5)53-66-56(61)49-47-45-43-41-39-37-35-23-21-19-17-15-13-11-9-7-2/h8,10,14,16,20,22-23,25-26,28-29,31-32,35,55,59H,6-7,9,11-13,15,17-19,21,24,27,30,33-34,36-54H2,1-5H3/p+1/b10-8-,16-14-,22-20-,26-25-,29-28-,32-31-,35-23-. The van der Waals surface area contributed by atoms with Crippen molar-refractivity contribution in [1.29, 1.82) is 0 Å². The lowest BCUT2D eigenvalue weighted by molar-refractivity contribution is -0.870. The summed E-state index contributed by atoms with van der Waals surface area (Å²) in [5.74, 6) is -2.03. The van der Waals surface area contributed by atoms with Crippen LogP contribution in [0.15, 0.2) is 85.1 Å². The Morgan fingerprint density at radius 2 is 0.838 bits per heavy atom. The number of ether oxygens (including phenoxy) is 4. The summed E-state index contributed by atoms with van der Waals surface area (Å²) >= 11 is 0. The molecule has 0 aromatic rings. The van der Waals surface area contributed by atoms with Crippen LogP contribution >= 0.6 is 0 Å². The van der Waals surface area contributed by atoms with E-state index in [2.05, 4.69) is 98.9 Å². The summed E-state index contributed by atoms with van der Waals surface area (Å²) in [7, 11) is 5.95.